The lowest BCUT2D eigenvalue weighted by molar-refractivity contribution is -0.165. The van der Waals surface area contributed by atoms with Crippen molar-refractivity contribution < 1.29 is 81.2 Å². The van der Waals surface area contributed by atoms with E-state index in [4.69, 9.17) is 40.9 Å². The maximum atomic E-state index is 9.91. The number of aliphatic hydroxyl groups excluding tert-OH is 4. The van der Waals surface area contributed by atoms with E-state index in [-0.39, 0.29) is 11.0 Å². The molecule has 18 nitrogen and oxygen atoms in total. The first-order valence-electron chi connectivity index (χ1n) is 20.0. The summed E-state index contributed by atoms with van der Waals surface area (Å²) in [5.74, 6) is -4.54. The van der Waals surface area contributed by atoms with E-state index in [1.807, 2.05) is 12.1 Å². The number of phenolic OH excluding ortho intramolecular Hbond substituents is 2. The Morgan fingerprint density at radius 2 is 0.867 bits per heavy atom. The minimum absolute atomic E-state index is 0. The molecule has 2 saturated heterocycles. The molecule has 60 heavy (non-hydrogen) atoms. The third-order valence-electron chi connectivity index (χ3n) is 13.8. The first kappa shape index (κ1) is 50.0. The van der Waals surface area contributed by atoms with E-state index < -0.39 is 48.3 Å². The number of hydrogen-bond acceptors (Lipinski definition) is 12. The number of benzene rings is 2. The van der Waals surface area contributed by atoms with Crippen molar-refractivity contribution >= 4 is 23.9 Å². The minimum atomic E-state index is -2.27. The fourth-order valence-corrected chi connectivity index (χ4v) is 10.9. The predicted octanol–water partition coefficient (Wildman–Crippen LogP) is 0.266. The highest BCUT2D eigenvalue weighted by atomic mass is 16.4. The highest BCUT2D eigenvalue weighted by molar-refractivity contribution is 5.83. The van der Waals surface area contributed by atoms with Gasteiger partial charge in [0.05, 0.1) is 0 Å². The Kier molecular flexibility index (Phi) is 17.0. The van der Waals surface area contributed by atoms with Crippen LogP contribution in [0.1, 0.15) is 86.5 Å². The number of nitrogens with zero attached hydrogens (tertiary/aromatic N) is 2. The molecule has 0 amide bonds. The van der Waals surface area contributed by atoms with Gasteiger partial charge in [-0.25, -0.2) is 19.2 Å². The Balaban J connectivity index is 0.000000222. The Morgan fingerprint density at radius 3 is 1.17 bits per heavy atom. The summed E-state index contributed by atoms with van der Waals surface area (Å²) in [4.78, 5) is 44.3. The van der Waals surface area contributed by atoms with Crippen LogP contribution in [0, 0.1) is 11.8 Å². The molecule has 8 rings (SSSR count). The normalized spacial score (nSPS) is 29.0. The van der Waals surface area contributed by atoms with Gasteiger partial charge in [-0.2, -0.15) is 0 Å². The van der Waals surface area contributed by atoms with Crippen LogP contribution in [0.2, 0.25) is 0 Å². The Hall–Kier alpha value is -4.40. The summed E-state index contributed by atoms with van der Waals surface area (Å²) in [6, 6.07) is 13.7. The fourth-order valence-electron chi connectivity index (χ4n) is 10.9. The number of carbonyl (C=O) groups is 4. The smallest absolute Gasteiger partial charge is 0.335 e. The van der Waals surface area contributed by atoms with Gasteiger partial charge >= 0.3 is 23.9 Å². The highest BCUT2D eigenvalue weighted by Crippen LogP contribution is 2.57. The van der Waals surface area contributed by atoms with Crippen LogP contribution in [0.3, 0.4) is 0 Å². The molecular weight excluding hydrogens is 788 g/mol. The maximum Gasteiger partial charge on any atom is 0.335 e. The van der Waals surface area contributed by atoms with Gasteiger partial charge in [0.2, 0.25) is 0 Å². The maximum absolute atomic E-state index is 9.91. The molecule has 4 fully saturated rings. The van der Waals surface area contributed by atoms with Gasteiger partial charge in [-0.3, -0.25) is 0 Å². The van der Waals surface area contributed by atoms with Gasteiger partial charge in [-0.05, 0) is 137 Å². The van der Waals surface area contributed by atoms with Gasteiger partial charge < -0.3 is 71.8 Å². The number of aromatic hydroxyl groups is 2. The van der Waals surface area contributed by atoms with E-state index in [0.717, 1.165) is 23.9 Å². The number of aliphatic carboxylic acids is 4. The number of carboxylic acids is 4. The number of fused-ring (bicyclic) bond motifs is 2. The SMILES string of the molecule is CN1CC[C@]23CCCC[C@H]2[C@H]1Cc1ccc(O)cc13.CN1CC[C@]23CCCC[C@H]2[C@H]1Cc1ccc(O)cc13.O.O.O=C(O)C(O)C(O)C(=O)O.O=C(O)C(O)C(O)C(=O)O. The van der Waals surface area contributed by atoms with Crippen LogP contribution in [0.25, 0.3) is 0 Å². The van der Waals surface area contributed by atoms with Crippen molar-refractivity contribution in [3.8, 4) is 11.5 Å². The van der Waals surface area contributed by atoms with Crippen LogP contribution in [0.15, 0.2) is 36.4 Å². The summed E-state index contributed by atoms with van der Waals surface area (Å²) >= 11 is 0. The second kappa shape index (κ2) is 20.4. The summed E-state index contributed by atoms with van der Waals surface area (Å²) in [6.45, 7) is 2.44. The molecule has 0 aromatic heterocycles. The number of phenols is 2. The average Bonchev–Trinajstić information content (AvgIpc) is 3.20. The number of piperidine rings is 2. The monoisotopic (exact) mass is 850 g/mol. The lowest BCUT2D eigenvalue weighted by atomic mass is 9.52. The second-order valence-electron chi connectivity index (χ2n) is 16.8. The first-order chi connectivity index (χ1) is 27.3. The van der Waals surface area contributed by atoms with Crippen LogP contribution >= 0.6 is 0 Å². The van der Waals surface area contributed by atoms with Crippen LogP contribution in [0.4, 0.5) is 0 Å². The van der Waals surface area contributed by atoms with Gasteiger partial charge in [0.25, 0.3) is 0 Å². The number of likely N-dealkylation sites (N-methyl/N-ethyl adjacent to an activating group) is 2. The van der Waals surface area contributed by atoms with E-state index in [1.54, 1.807) is 0 Å². The zero-order chi connectivity index (χ0) is 42.7. The number of hydrogen-bond donors (Lipinski definition) is 10. The molecule has 2 heterocycles. The molecule has 18 heteroatoms. The molecular formula is C42H62N2O16. The Labute approximate surface area is 347 Å². The molecule has 4 aliphatic carbocycles. The zero-order valence-corrected chi connectivity index (χ0v) is 34.0. The van der Waals surface area contributed by atoms with E-state index in [1.165, 1.54) is 112 Å². The molecule has 336 valence electrons. The van der Waals surface area contributed by atoms with Crippen molar-refractivity contribution in [2.24, 2.45) is 11.8 Å². The summed E-state index contributed by atoms with van der Waals surface area (Å²) in [5.41, 5.74) is 6.71. The van der Waals surface area contributed by atoms with Crippen molar-refractivity contribution in [1.29, 1.82) is 0 Å². The van der Waals surface area contributed by atoms with Crippen molar-refractivity contribution in [2.45, 2.75) is 124 Å². The average molecular weight is 851 g/mol. The lowest BCUT2D eigenvalue weighted by Crippen LogP contribution is -2.59. The van der Waals surface area contributed by atoms with Crippen molar-refractivity contribution in [1.82, 2.24) is 9.80 Å². The van der Waals surface area contributed by atoms with E-state index in [9.17, 15) is 29.4 Å². The molecule has 14 N–H and O–H groups in total. The van der Waals surface area contributed by atoms with Crippen LogP contribution in [-0.2, 0) is 42.8 Å². The third-order valence-corrected chi connectivity index (χ3v) is 13.8. The number of aliphatic hydroxyl groups is 4. The molecule has 2 saturated carbocycles. The standard InChI is InChI=1S/2C17H23NO.2C4H6O6.2H2O/c2*1-18-9-8-17-7-3-2-4-14(17)16(18)10-12-5-6-13(19)11-15(12)17;2*5-1(3(7)8)2(6)4(9)10;;/h2*5-6,11,14,16,19H,2-4,7-10H2,1H3;2*1-2,5-6H,(H,7,8)(H,9,10);2*1H2/t2*14-,16+,17+;;;;/m00..../s1. The van der Waals surface area contributed by atoms with Gasteiger partial charge in [-0.1, -0.05) is 37.8 Å². The molecule has 0 spiro atoms. The molecule has 4 unspecified atom stereocenters. The molecule has 6 aliphatic rings. The molecule has 0 radical (unpaired) electrons. The van der Waals surface area contributed by atoms with E-state index >= 15 is 0 Å². The second-order valence-corrected chi connectivity index (χ2v) is 16.8. The summed E-state index contributed by atoms with van der Waals surface area (Å²) in [6.07, 6.45) is 6.79. The fraction of sp³-hybridized carbons (Fsp3) is 0.619. The largest absolute Gasteiger partial charge is 0.508 e. The van der Waals surface area contributed by atoms with Crippen LogP contribution in [0.5, 0.6) is 11.5 Å². The predicted molar refractivity (Wildman–Crippen MR) is 215 cm³/mol. The van der Waals surface area contributed by atoms with Gasteiger partial charge in [-0.15, -0.1) is 0 Å². The van der Waals surface area contributed by atoms with Crippen molar-refractivity contribution in [2.75, 3.05) is 27.2 Å². The molecule has 2 aromatic carbocycles. The Bertz CT molecular complexity index is 1660. The number of likely N-dealkylation sites (tertiary alicyclic amines) is 2. The van der Waals surface area contributed by atoms with Crippen molar-refractivity contribution in [3.63, 3.8) is 0 Å². The third kappa shape index (κ3) is 10.0. The Morgan fingerprint density at radius 1 is 0.550 bits per heavy atom. The van der Waals surface area contributed by atoms with Gasteiger partial charge in [0, 0.05) is 22.9 Å². The van der Waals surface area contributed by atoms with E-state index in [2.05, 4.69) is 48.2 Å². The molecule has 4 bridgehead atoms. The molecule has 2 aromatic rings. The summed E-state index contributed by atoms with van der Waals surface area (Å²) in [7, 11) is 4.60. The van der Waals surface area contributed by atoms with Gasteiger partial charge in [0.15, 0.2) is 24.4 Å². The van der Waals surface area contributed by atoms with Crippen molar-refractivity contribution in [3.05, 3.63) is 58.7 Å². The molecule has 2 aliphatic heterocycles. The summed E-state index contributed by atoms with van der Waals surface area (Å²) in [5, 5.41) is 84.9. The quantitative estimate of drug-likeness (QED) is 0.186. The molecule has 10 atom stereocenters. The van der Waals surface area contributed by atoms with Gasteiger partial charge in [0.1, 0.15) is 11.5 Å². The zero-order valence-electron chi connectivity index (χ0n) is 34.0. The minimum Gasteiger partial charge on any atom is -0.508 e. The highest BCUT2D eigenvalue weighted by Gasteiger charge is 2.54. The lowest BCUT2D eigenvalue weighted by Gasteiger charge is -2.58. The van der Waals surface area contributed by atoms with E-state index in [0.29, 0.717) is 22.3 Å². The van der Waals surface area contributed by atoms with Crippen LogP contribution in [-0.4, -0.2) is 159 Å². The van der Waals surface area contributed by atoms with Crippen LogP contribution < -0.4 is 0 Å². The topological polar surface area (TPSA) is 340 Å². The first-order valence-corrected chi connectivity index (χ1v) is 20.0. The summed E-state index contributed by atoms with van der Waals surface area (Å²) < 4.78 is 0. The number of carboxylic acid groups (broad SMARTS) is 4. The number of rotatable bonds is 6.